The van der Waals surface area contributed by atoms with Crippen LogP contribution >= 0.6 is 0 Å². The van der Waals surface area contributed by atoms with Crippen molar-refractivity contribution < 1.29 is 36.6 Å². The zero-order valence-electron chi connectivity index (χ0n) is 15.5. The number of ether oxygens (including phenoxy) is 1. The first-order valence-corrected chi connectivity index (χ1v) is 8.96. The summed E-state index contributed by atoms with van der Waals surface area (Å²) >= 11 is 0. The van der Waals surface area contributed by atoms with Crippen LogP contribution in [0.3, 0.4) is 0 Å². The average Bonchev–Trinajstić information content (AvgIpc) is 3.11. The lowest BCUT2D eigenvalue weighted by Gasteiger charge is -2.24. The number of hydrogen-bond acceptors (Lipinski definition) is 4. The smallest absolute Gasteiger partial charge is 0.431 e. The number of rotatable bonds is 7. The summed E-state index contributed by atoms with van der Waals surface area (Å²) in [5, 5.41) is 13.4. The summed E-state index contributed by atoms with van der Waals surface area (Å²) < 4.78 is 73.1. The van der Waals surface area contributed by atoms with E-state index in [1.165, 1.54) is 0 Å². The highest BCUT2D eigenvalue weighted by Crippen LogP contribution is 2.32. The Labute approximate surface area is 168 Å². The van der Waals surface area contributed by atoms with Gasteiger partial charge in [-0.2, -0.15) is 18.3 Å². The van der Waals surface area contributed by atoms with Crippen LogP contribution in [0.5, 0.6) is 5.75 Å². The van der Waals surface area contributed by atoms with Crippen molar-refractivity contribution >= 4 is 17.4 Å². The van der Waals surface area contributed by atoms with Gasteiger partial charge in [-0.15, -0.1) is 0 Å². The number of carbonyl (C=O) groups is 1. The fourth-order valence-electron chi connectivity index (χ4n) is 3.04. The number of hydrazone groups is 1. The number of nitrogens with zero attached hydrogens (tertiary/aromatic N) is 2. The maximum absolute atomic E-state index is 14.3. The van der Waals surface area contributed by atoms with Crippen LogP contribution in [0.25, 0.3) is 0 Å². The zero-order chi connectivity index (χ0) is 21.9. The first-order chi connectivity index (χ1) is 14.1. The summed E-state index contributed by atoms with van der Waals surface area (Å²) in [4.78, 5) is 10.6. The van der Waals surface area contributed by atoms with Crippen molar-refractivity contribution in [2.75, 3.05) is 11.6 Å². The third-order valence-corrected chi connectivity index (χ3v) is 4.46. The topological polar surface area (TPSA) is 62.1 Å². The Morgan fingerprint density at radius 3 is 2.37 bits per heavy atom. The highest BCUT2D eigenvalue weighted by Gasteiger charge is 2.43. The first kappa shape index (κ1) is 21.5. The molecule has 0 bridgehead atoms. The number of para-hydroxylation sites is 1. The normalized spacial score (nSPS) is 16.5. The van der Waals surface area contributed by atoms with E-state index < -0.39 is 54.3 Å². The average molecular weight is 428 g/mol. The lowest BCUT2D eigenvalue weighted by molar-refractivity contribution is -0.136. The van der Waals surface area contributed by atoms with Gasteiger partial charge in [0.05, 0.1) is 11.7 Å². The maximum Gasteiger partial charge on any atom is 0.431 e. The minimum atomic E-state index is -4.63. The molecule has 1 aliphatic rings. The molecule has 2 aromatic rings. The molecule has 0 amide bonds. The van der Waals surface area contributed by atoms with Crippen molar-refractivity contribution in [3.63, 3.8) is 0 Å². The van der Waals surface area contributed by atoms with Crippen LogP contribution in [0.4, 0.5) is 27.6 Å². The molecule has 1 heterocycles. The molecule has 10 heteroatoms. The highest BCUT2D eigenvalue weighted by molar-refractivity contribution is 5.93. The Balaban J connectivity index is 1.76. The van der Waals surface area contributed by atoms with Crippen molar-refractivity contribution in [3.8, 4) is 5.75 Å². The Kier molecular flexibility index (Phi) is 6.23. The van der Waals surface area contributed by atoms with Crippen LogP contribution in [0, 0.1) is 11.6 Å². The number of aryl methyl sites for hydroxylation is 1. The van der Waals surface area contributed by atoms with E-state index in [9.17, 15) is 26.7 Å². The molecule has 1 aliphatic heterocycles. The fraction of sp³-hybridized carbons (Fsp3) is 0.300. The standard InChI is InChI=1S/C20H17F5N2O3/c21-15-8-12(6-7-18(28)29)9-16(22)19(15)30-11-14-10-17(20(23,24)25)26-27(14)13-4-2-1-3-5-13/h1-5,8-9,14H,6-7,10-11H2,(H,28,29). The van der Waals surface area contributed by atoms with Gasteiger partial charge in [-0.05, 0) is 36.2 Å². The van der Waals surface area contributed by atoms with E-state index in [1.54, 1.807) is 30.3 Å². The molecule has 0 fully saturated rings. The Morgan fingerprint density at radius 2 is 1.80 bits per heavy atom. The first-order valence-electron chi connectivity index (χ1n) is 8.96. The number of anilines is 1. The van der Waals surface area contributed by atoms with Gasteiger partial charge in [-0.3, -0.25) is 9.80 Å². The lowest BCUT2D eigenvalue weighted by Crippen LogP contribution is -2.33. The Morgan fingerprint density at radius 1 is 1.17 bits per heavy atom. The van der Waals surface area contributed by atoms with E-state index in [1.807, 2.05) is 0 Å². The number of carboxylic acid groups (broad SMARTS) is 1. The van der Waals surface area contributed by atoms with Gasteiger partial charge in [0.25, 0.3) is 0 Å². The second-order valence-electron chi connectivity index (χ2n) is 6.68. The Hall–Kier alpha value is -3.17. The van der Waals surface area contributed by atoms with Crippen LogP contribution in [0.15, 0.2) is 47.6 Å². The van der Waals surface area contributed by atoms with Gasteiger partial charge in [-0.25, -0.2) is 8.78 Å². The number of alkyl halides is 3. The van der Waals surface area contributed by atoms with Gasteiger partial charge in [0, 0.05) is 12.8 Å². The SMILES string of the molecule is O=C(O)CCc1cc(F)c(OCC2CC(C(F)(F)F)=NN2c2ccccc2)c(F)c1. The van der Waals surface area contributed by atoms with Crippen LogP contribution in [-0.4, -0.2) is 35.6 Å². The van der Waals surface area contributed by atoms with E-state index >= 15 is 0 Å². The quantitative estimate of drug-likeness (QED) is 0.657. The second-order valence-corrected chi connectivity index (χ2v) is 6.68. The third kappa shape index (κ3) is 5.05. The molecule has 160 valence electrons. The highest BCUT2D eigenvalue weighted by atomic mass is 19.4. The minimum Gasteiger partial charge on any atom is -0.485 e. The molecule has 0 aromatic heterocycles. The van der Waals surface area contributed by atoms with E-state index in [-0.39, 0.29) is 18.4 Å². The monoisotopic (exact) mass is 428 g/mol. The molecule has 1 unspecified atom stereocenters. The van der Waals surface area contributed by atoms with E-state index in [0.29, 0.717) is 5.69 Å². The molecule has 30 heavy (non-hydrogen) atoms. The minimum absolute atomic E-state index is 0.0728. The molecule has 0 radical (unpaired) electrons. The predicted octanol–water partition coefficient (Wildman–Crippen LogP) is 4.56. The molecule has 1 N–H and O–H groups in total. The molecule has 0 aliphatic carbocycles. The molecule has 0 saturated heterocycles. The van der Waals surface area contributed by atoms with Crippen LogP contribution in [-0.2, 0) is 11.2 Å². The molecule has 2 aromatic carbocycles. The molecule has 5 nitrogen and oxygen atoms in total. The number of halogens is 5. The number of carboxylic acids is 1. The van der Waals surface area contributed by atoms with Crippen molar-refractivity contribution in [3.05, 3.63) is 59.7 Å². The van der Waals surface area contributed by atoms with Crippen molar-refractivity contribution in [1.29, 1.82) is 0 Å². The summed E-state index contributed by atoms with van der Waals surface area (Å²) in [6.45, 7) is -0.444. The fourth-order valence-corrected chi connectivity index (χ4v) is 3.04. The summed E-state index contributed by atoms with van der Waals surface area (Å²) in [5.41, 5.74) is -0.491. The number of aliphatic carboxylic acids is 1. The zero-order valence-corrected chi connectivity index (χ0v) is 15.5. The summed E-state index contributed by atoms with van der Waals surface area (Å²) in [6.07, 6.45) is -5.51. The van der Waals surface area contributed by atoms with Gasteiger partial charge in [0.2, 0.25) is 0 Å². The molecule has 1 atom stereocenters. The number of hydrogen-bond donors (Lipinski definition) is 1. The summed E-state index contributed by atoms with van der Waals surface area (Å²) in [6, 6.07) is 9.05. The maximum atomic E-state index is 14.3. The molecular formula is C20H17F5N2O3. The second kappa shape index (κ2) is 8.68. The van der Waals surface area contributed by atoms with Gasteiger partial charge in [0.15, 0.2) is 17.4 Å². The predicted molar refractivity (Wildman–Crippen MR) is 98.6 cm³/mol. The molecule has 0 saturated carbocycles. The van der Waals surface area contributed by atoms with Gasteiger partial charge >= 0.3 is 12.1 Å². The largest absolute Gasteiger partial charge is 0.485 e. The van der Waals surface area contributed by atoms with Gasteiger partial charge in [0.1, 0.15) is 12.3 Å². The molecular weight excluding hydrogens is 411 g/mol. The van der Waals surface area contributed by atoms with Gasteiger partial charge < -0.3 is 9.84 Å². The van der Waals surface area contributed by atoms with E-state index in [0.717, 1.165) is 17.1 Å². The number of benzene rings is 2. The van der Waals surface area contributed by atoms with Crippen molar-refractivity contribution in [2.45, 2.75) is 31.5 Å². The van der Waals surface area contributed by atoms with Crippen molar-refractivity contribution in [1.82, 2.24) is 0 Å². The van der Waals surface area contributed by atoms with Crippen LogP contribution < -0.4 is 9.75 Å². The lowest BCUT2D eigenvalue weighted by atomic mass is 10.1. The van der Waals surface area contributed by atoms with E-state index in [2.05, 4.69) is 5.10 Å². The van der Waals surface area contributed by atoms with Gasteiger partial charge in [-0.1, -0.05) is 18.2 Å². The molecule has 0 spiro atoms. The summed E-state index contributed by atoms with van der Waals surface area (Å²) in [7, 11) is 0. The Bertz CT molecular complexity index is 924. The van der Waals surface area contributed by atoms with E-state index in [4.69, 9.17) is 9.84 Å². The van der Waals surface area contributed by atoms with Crippen LogP contribution in [0.1, 0.15) is 18.4 Å². The summed E-state index contributed by atoms with van der Waals surface area (Å²) in [5.74, 6) is -3.96. The van der Waals surface area contributed by atoms with Crippen molar-refractivity contribution in [2.24, 2.45) is 5.10 Å². The molecule has 3 rings (SSSR count). The van der Waals surface area contributed by atoms with Crippen LogP contribution in [0.2, 0.25) is 0 Å². The third-order valence-electron chi connectivity index (χ3n) is 4.46.